The zero-order valence-corrected chi connectivity index (χ0v) is 15.8. The molecule has 0 radical (unpaired) electrons. The van der Waals surface area contributed by atoms with Gasteiger partial charge in [0.1, 0.15) is 6.54 Å². The van der Waals surface area contributed by atoms with Gasteiger partial charge in [-0.3, -0.25) is 9.59 Å². The fourth-order valence-electron chi connectivity index (χ4n) is 3.03. The molecule has 4 rings (SSSR count). The summed E-state index contributed by atoms with van der Waals surface area (Å²) in [6, 6.07) is 15.3. The van der Waals surface area contributed by atoms with Gasteiger partial charge in [0.15, 0.2) is 5.76 Å². The number of imidazole rings is 1. The number of alkyl halides is 3. The third kappa shape index (κ3) is 4.42. The molecule has 0 atom stereocenters. The van der Waals surface area contributed by atoms with Crippen LogP contribution in [0.2, 0.25) is 0 Å². The van der Waals surface area contributed by atoms with Crippen molar-refractivity contribution in [3.63, 3.8) is 0 Å². The number of nitrogens with one attached hydrogen (secondary N) is 2. The number of para-hydroxylation sites is 2. The summed E-state index contributed by atoms with van der Waals surface area (Å²) >= 11 is 0. The minimum atomic E-state index is -4.70. The summed E-state index contributed by atoms with van der Waals surface area (Å²) in [4.78, 5) is 28.0. The number of hydrogen-bond donors (Lipinski definition) is 2. The molecule has 10 heteroatoms. The normalized spacial score (nSPS) is 11.5. The standard InChI is InChI=1S/C21H15F3N4O3/c22-21(23,24)20-27-15-4-1-2-5-16(15)28(20)12-18(29)25-13-7-9-14(10-8-13)26-19(30)17-6-3-11-31-17/h1-11H,12H2,(H,25,29)(H,26,30). The van der Waals surface area contributed by atoms with E-state index in [0.29, 0.717) is 11.4 Å². The first kappa shape index (κ1) is 20.2. The third-order valence-corrected chi connectivity index (χ3v) is 4.38. The second-order valence-electron chi connectivity index (χ2n) is 6.56. The molecule has 0 bridgehead atoms. The molecule has 158 valence electrons. The molecule has 0 aliphatic rings. The average Bonchev–Trinajstić information content (AvgIpc) is 3.38. The van der Waals surface area contributed by atoms with Crippen LogP contribution in [-0.4, -0.2) is 21.4 Å². The van der Waals surface area contributed by atoms with Crippen LogP contribution < -0.4 is 10.6 Å². The fraction of sp³-hybridized carbons (Fsp3) is 0.0952. The van der Waals surface area contributed by atoms with Crippen LogP contribution in [0.15, 0.2) is 71.3 Å². The predicted molar refractivity (Wildman–Crippen MR) is 106 cm³/mol. The summed E-state index contributed by atoms with van der Waals surface area (Å²) in [6.07, 6.45) is -3.33. The largest absolute Gasteiger partial charge is 0.459 e. The van der Waals surface area contributed by atoms with Gasteiger partial charge < -0.3 is 19.6 Å². The van der Waals surface area contributed by atoms with E-state index in [9.17, 15) is 22.8 Å². The van der Waals surface area contributed by atoms with Crippen LogP contribution in [0.5, 0.6) is 0 Å². The van der Waals surface area contributed by atoms with Crippen LogP contribution in [0.3, 0.4) is 0 Å². The highest BCUT2D eigenvalue weighted by Crippen LogP contribution is 2.31. The molecule has 2 aromatic heterocycles. The van der Waals surface area contributed by atoms with E-state index >= 15 is 0 Å². The average molecular weight is 428 g/mol. The monoisotopic (exact) mass is 428 g/mol. The Morgan fingerprint density at radius 2 is 1.61 bits per heavy atom. The Balaban J connectivity index is 1.46. The van der Waals surface area contributed by atoms with Gasteiger partial charge in [0, 0.05) is 11.4 Å². The number of furan rings is 1. The van der Waals surface area contributed by atoms with E-state index in [1.807, 2.05) is 0 Å². The molecule has 0 fully saturated rings. The quantitative estimate of drug-likeness (QED) is 0.489. The van der Waals surface area contributed by atoms with Crippen LogP contribution in [-0.2, 0) is 17.5 Å². The van der Waals surface area contributed by atoms with Crippen LogP contribution >= 0.6 is 0 Å². The molecule has 0 aliphatic heterocycles. The third-order valence-electron chi connectivity index (χ3n) is 4.38. The Labute approximate surface area is 173 Å². The summed E-state index contributed by atoms with van der Waals surface area (Å²) in [5.41, 5.74) is 1.18. The first-order valence-electron chi connectivity index (χ1n) is 9.08. The molecule has 2 N–H and O–H groups in total. The van der Waals surface area contributed by atoms with Gasteiger partial charge in [0.05, 0.1) is 17.3 Å². The minimum Gasteiger partial charge on any atom is -0.459 e. The van der Waals surface area contributed by atoms with E-state index in [1.165, 1.54) is 36.6 Å². The highest BCUT2D eigenvalue weighted by Gasteiger charge is 2.38. The van der Waals surface area contributed by atoms with Gasteiger partial charge in [0.25, 0.3) is 5.91 Å². The number of hydrogen-bond acceptors (Lipinski definition) is 4. The molecule has 2 heterocycles. The van der Waals surface area contributed by atoms with Crippen molar-refractivity contribution >= 4 is 34.2 Å². The second-order valence-corrected chi connectivity index (χ2v) is 6.56. The smallest absolute Gasteiger partial charge is 0.449 e. The molecule has 0 unspecified atom stereocenters. The van der Waals surface area contributed by atoms with Crippen LogP contribution in [0.25, 0.3) is 11.0 Å². The first-order valence-corrected chi connectivity index (χ1v) is 9.08. The maximum absolute atomic E-state index is 13.4. The van der Waals surface area contributed by atoms with Gasteiger partial charge in [-0.15, -0.1) is 0 Å². The SMILES string of the molecule is O=C(Cn1c(C(F)(F)F)nc2ccccc21)Nc1ccc(NC(=O)c2ccco2)cc1. The van der Waals surface area contributed by atoms with E-state index in [0.717, 1.165) is 4.57 Å². The Bertz CT molecular complexity index is 1230. The van der Waals surface area contributed by atoms with Gasteiger partial charge in [-0.2, -0.15) is 13.2 Å². The van der Waals surface area contributed by atoms with E-state index in [4.69, 9.17) is 4.42 Å². The zero-order chi connectivity index (χ0) is 22.0. The van der Waals surface area contributed by atoms with Crippen LogP contribution in [0.1, 0.15) is 16.4 Å². The molecule has 0 saturated carbocycles. The maximum atomic E-state index is 13.4. The van der Waals surface area contributed by atoms with Gasteiger partial charge in [0.2, 0.25) is 11.7 Å². The summed E-state index contributed by atoms with van der Waals surface area (Å²) in [6.45, 7) is -0.563. The molecule has 31 heavy (non-hydrogen) atoms. The number of carbonyl (C=O) groups is 2. The molecular weight excluding hydrogens is 413 g/mol. The summed E-state index contributed by atoms with van der Waals surface area (Å²) in [7, 11) is 0. The van der Waals surface area contributed by atoms with E-state index in [2.05, 4.69) is 15.6 Å². The number of benzene rings is 2. The van der Waals surface area contributed by atoms with Crippen LogP contribution in [0, 0.1) is 0 Å². The highest BCUT2D eigenvalue weighted by atomic mass is 19.4. The Morgan fingerprint density at radius 1 is 0.935 bits per heavy atom. The van der Waals surface area contributed by atoms with Crippen molar-refractivity contribution < 1.29 is 27.2 Å². The minimum absolute atomic E-state index is 0.144. The van der Waals surface area contributed by atoms with Crippen molar-refractivity contribution in [3.05, 3.63) is 78.5 Å². The van der Waals surface area contributed by atoms with Gasteiger partial charge in [-0.1, -0.05) is 12.1 Å². The predicted octanol–water partition coefficient (Wildman–Crippen LogP) is 4.54. The molecule has 7 nitrogen and oxygen atoms in total. The number of halogens is 3. The van der Waals surface area contributed by atoms with Crippen molar-refractivity contribution in [3.8, 4) is 0 Å². The molecular formula is C21H15F3N4O3. The van der Waals surface area contributed by atoms with E-state index < -0.39 is 30.4 Å². The van der Waals surface area contributed by atoms with E-state index in [1.54, 1.807) is 30.3 Å². The summed E-state index contributed by atoms with van der Waals surface area (Å²) in [5.74, 6) is -2.08. The lowest BCUT2D eigenvalue weighted by molar-refractivity contribution is -0.147. The van der Waals surface area contributed by atoms with E-state index in [-0.39, 0.29) is 16.8 Å². The molecule has 2 aromatic carbocycles. The number of nitrogens with zero attached hydrogens (tertiary/aromatic N) is 2. The fourth-order valence-corrected chi connectivity index (χ4v) is 3.03. The molecule has 0 spiro atoms. The van der Waals surface area contributed by atoms with Crippen molar-refractivity contribution in [2.75, 3.05) is 10.6 Å². The molecule has 0 aliphatic carbocycles. The summed E-state index contributed by atoms with van der Waals surface area (Å²) in [5, 5.41) is 5.17. The zero-order valence-electron chi connectivity index (χ0n) is 15.8. The Kier molecular flexibility index (Phi) is 5.20. The van der Waals surface area contributed by atoms with Gasteiger partial charge in [-0.05, 0) is 48.5 Å². The summed E-state index contributed by atoms with van der Waals surface area (Å²) < 4.78 is 45.9. The lowest BCUT2D eigenvalue weighted by atomic mass is 10.2. The number of anilines is 2. The maximum Gasteiger partial charge on any atom is 0.449 e. The number of fused-ring (bicyclic) bond motifs is 1. The lowest BCUT2D eigenvalue weighted by Gasteiger charge is -2.12. The Morgan fingerprint density at radius 3 is 2.26 bits per heavy atom. The van der Waals surface area contributed by atoms with Crippen molar-refractivity contribution in [1.29, 1.82) is 0 Å². The number of aromatic nitrogens is 2. The highest BCUT2D eigenvalue weighted by molar-refractivity contribution is 6.02. The Hall–Kier alpha value is -4.08. The van der Waals surface area contributed by atoms with Crippen molar-refractivity contribution in [1.82, 2.24) is 9.55 Å². The molecule has 4 aromatic rings. The molecule has 2 amide bonds. The second kappa shape index (κ2) is 7.98. The lowest BCUT2D eigenvalue weighted by Crippen LogP contribution is -2.23. The topological polar surface area (TPSA) is 89.2 Å². The first-order chi connectivity index (χ1) is 14.8. The van der Waals surface area contributed by atoms with Gasteiger partial charge in [-0.25, -0.2) is 4.98 Å². The number of amides is 2. The van der Waals surface area contributed by atoms with Gasteiger partial charge >= 0.3 is 6.18 Å². The van der Waals surface area contributed by atoms with Crippen molar-refractivity contribution in [2.45, 2.75) is 12.7 Å². The van der Waals surface area contributed by atoms with Crippen molar-refractivity contribution in [2.24, 2.45) is 0 Å². The number of carbonyl (C=O) groups excluding carboxylic acids is 2. The number of rotatable bonds is 5. The van der Waals surface area contributed by atoms with Crippen LogP contribution in [0.4, 0.5) is 24.5 Å². The molecule has 0 saturated heterocycles.